The number of hydrogen-bond donors (Lipinski definition) is 1. The summed E-state index contributed by atoms with van der Waals surface area (Å²) < 4.78 is 48.2. The number of amides is 2. The van der Waals surface area contributed by atoms with Crippen molar-refractivity contribution in [3.63, 3.8) is 0 Å². The Hall–Kier alpha value is -4.76. The quantitative estimate of drug-likeness (QED) is 0.199. The lowest BCUT2D eigenvalue weighted by Crippen LogP contribution is -2.49. The first-order chi connectivity index (χ1) is 28.5. The molecule has 4 heterocycles. The predicted molar refractivity (Wildman–Crippen MR) is 225 cm³/mol. The normalized spacial score (nSPS) is 28.5. The monoisotopic (exact) mass is 842 g/mol. The number of aryl methyl sites for hydroxylation is 2. The maximum Gasteiger partial charge on any atom is 0.286 e. The molecule has 312 valence electrons. The van der Waals surface area contributed by atoms with Crippen molar-refractivity contribution in [1.29, 1.82) is 0 Å². The van der Waals surface area contributed by atoms with Crippen LogP contribution in [0.25, 0.3) is 0 Å². The van der Waals surface area contributed by atoms with Crippen molar-refractivity contribution in [2.45, 2.75) is 63.3 Å². The standard InChI is InChI=1S/C44H51ClN6O7S/c1-28-25-59(54,49-42(53)35-23-50(2)47-43(35)56-4)48-41(52)30-11-15-40-37(21-30)51(26-44(27-58-40)18-7-8-29-20-32(45)12-14-36(29)44)22-31-10-13-34(31)39(55-3)17-16-38(28)57-24-33-9-5-6-19-46-33/h5-6,9,11-12,14-17,19-21,23,28,31,34,38-39H,7-8,10,13,18,22,24-27H2,1-4H3,(H,48,49,52,53,54)/b17-16+/t28-,31+,34-,38+,39+,44+,59?/m1/s1. The van der Waals surface area contributed by atoms with Gasteiger partial charge in [0.15, 0.2) is 0 Å². The number of nitrogens with one attached hydrogen (secondary N) is 1. The molecule has 2 aliphatic carbocycles. The predicted octanol–water partition coefficient (Wildman–Crippen LogP) is 6.74. The van der Waals surface area contributed by atoms with Gasteiger partial charge < -0.3 is 23.8 Å². The first-order valence-corrected chi connectivity index (χ1v) is 22.2. The number of carbonyl (C=O) groups is 2. The summed E-state index contributed by atoms with van der Waals surface area (Å²) >= 11 is 6.50. The van der Waals surface area contributed by atoms with Gasteiger partial charge in [-0.25, -0.2) is 4.21 Å². The molecule has 4 aromatic rings. The number of pyridine rings is 1. The summed E-state index contributed by atoms with van der Waals surface area (Å²) in [6, 6.07) is 17.1. The van der Waals surface area contributed by atoms with Crippen LogP contribution in [0.5, 0.6) is 11.6 Å². The minimum absolute atomic E-state index is 0.0484. The average molecular weight is 843 g/mol. The number of nitrogens with zero attached hydrogens (tertiary/aromatic N) is 5. The summed E-state index contributed by atoms with van der Waals surface area (Å²) in [4.78, 5) is 35.0. The number of benzene rings is 2. The van der Waals surface area contributed by atoms with E-state index in [0.29, 0.717) is 31.4 Å². The zero-order valence-electron chi connectivity index (χ0n) is 33.8. The first-order valence-electron chi connectivity index (χ1n) is 20.2. The lowest BCUT2D eigenvalue weighted by atomic mass is 9.68. The van der Waals surface area contributed by atoms with Gasteiger partial charge in [0.25, 0.3) is 11.8 Å². The minimum Gasteiger partial charge on any atom is -0.490 e. The van der Waals surface area contributed by atoms with Crippen LogP contribution in [0, 0.1) is 17.8 Å². The van der Waals surface area contributed by atoms with Crippen molar-refractivity contribution in [3.8, 4) is 11.6 Å². The third kappa shape index (κ3) is 8.63. The molecule has 2 aliphatic heterocycles. The van der Waals surface area contributed by atoms with E-state index >= 15 is 4.21 Å². The first kappa shape index (κ1) is 41.0. The molecule has 13 nitrogen and oxygen atoms in total. The molecule has 7 atom stereocenters. The molecule has 2 bridgehead atoms. The van der Waals surface area contributed by atoms with E-state index in [2.05, 4.69) is 36.2 Å². The van der Waals surface area contributed by atoms with Crippen LogP contribution in [0.15, 0.2) is 83.5 Å². The number of ether oxygens (including phenoxy) is 4. The fourth-order valence-corrected chi connectivity index (χ4v) is 11.3. The topological polar surface area (TPSA) is 146 Å². The van der Waals surface area contributed by atoms with Crippen molar-refractivity contribution in [3.05, 3.63) is 112 Å². The van der Waals surface area contributed by atoms with Crippen LogP contribution < -0.4 is 19.1 Å². The van der Waals surface area contributed by atoms with E-state index in [9.17, 15) is 9.59 Å². The zero-order valence-corrected chi connectivity index (χ0v) is 35.4. The Kier molecular flexibility index (Phi) is 11.9. The molecule has 1 unspecified atom stereocenters. The molecule has 8 rings (SSSR count). The van der Waals surface area contributed by atoms with Gasteiger partial charge in [-0.3, -0.25) is 24.0 Å². The van der Waals surface area contributed by atoms with E-state index in [1.165, 1.54) is 29.1 Å². The summed E-state index contributed by atoms with van der Waals surface area (Å²) in [5.74, 6) is -0.953. The largest absolute Gasteiger partial charge is 0.490 e. The summed E-state index contributed by atoms with van der Waals surface area (Å²) in [6.45, 7) is 3.90. The molecule has 0 radical (unpaired) electrons. The van der Waals surface area contributed by atoms with Gasteiger partial charge in [0.2, 0.25) is 5.88 Å². The molecule has 2 amide bonds. The number of rotatable bonds is 7. The van der Waals surface area contributed by atoms with E-state index < -0.39 is 33.8 Å². The van der Waals surface area contributed by atoms with Crippen LogP contribution >= 0.6 is 11.6 Å². The van der Waals surface area contributed by atoms with Gasteiger partial charge >= 0.3 is 0 Å². The second-order valence-corrected chi connectivity index (χ2v) is 18.7. The molecule has 59 heavy (non-hydrogen) atoms. The van der Waals surface area contributed by atoms with Crippen LogP contribution in [0.1, 0.15) is 70.1 Å². The number of hydrogen-bond acceptors (Lipinski definition) is 10. The fourth-order valence-electron chi connectivity index (χ4n) is 9.19. The van der Waals surface area contributed by atoms with E-state index in [-0.39, 0.29) is 46.8 Å². The molecule has 1 saturated carbocycles. The molecular formula is C44H51ClN6O7S. The van der Waals surface area contributed by atoms with E-state index in [1.54, 1.807) is 32.5 Å². The molecule has 1 spiro atoms. The number of methoxy groups -OCH3 is 2. The number of carbonyl (C=O) groups excluding carboxylic acids is 2. The fraction of sp³-hybridized carbons (Fsp3) is 0.455. The Morgan fingerprint density at radius 3 is 2.71 bits per heavy atom. The van der Waals surface area contributed by atoms with Crippen LogP contribution in [0.3, 0.4) is 0 Å². The van der Waals surface area contributed by atoms with Crippen LogP contribution in [0.2, 0.25) is 5.02 Å². The van der Waals surface area contributed by atoms with Gasteiger partial charge in [-0.1, -0.05) is 42.8 Å². The Bertz CT molecular complexity index is 2360. The molecule has 2 aromatic heterocycles. The summed E-state index contributed by atoms with van der Waals surface area (Å²) in [5, 5.41) is 4.91. The lowest BCUT2D eigenvalue weighted by Gasteiger charge is -2.46. The maximum atomic E-state index is 15.1. The molecular weight excluding hydrogens is 792 g/mol. The molecule has 1 fully saturated rings. The van der Waals surface area contributed by atoms with Gasteiger partial charge in [-0.05, 0) is 97.5 Å². The smallest absolute Gasteiger partial charge is 0.286 e. The van der Waals surface area contributed by atoms with Crippen molar-refractivity contribution in [2.75, 3.05) is 44.6 Å². The summed E-state index contributed by atoms with van der Waals surface area (Å²) in [7, 11) is 0.967. The van der Waals surface area contributed by atoms with Crippen molar-refractivity contribution in [2.24, 2.45) is 29.2 Å². The van der Waals surface area contributed by atoms with Crippen molar-refractivity contribution in [1.82, 2.24) is 19.5 Å². The van der Waals surface area contributed by atoms with E-state index in [1.807, 2.05) is 49.4 Å². The third-order valence-corrected chi connectivity index (χ3v) is 14.5. The average Bonchev–Trinajstić information content (AvgIpc) is 3.53. The van der Waals surface area contributed by atoms with Gasteiger partial charge in [-0.2, -0.15) is 0 Å². The lowest BCUT2D eigenvalue weighted by molar-refractivity contribution is 0.00989. The van der Waals surface area contributed by atoms with E-state index in [4.69, 9.17) is 30.5 Å². The Labute approximate surface area is 350 Å². The van der Waals surface area contributed by atoms with Crippen molar-refractivity contribution >= 4 is 39.0 Å². The van der Waals surface area contributed by atoms with Gasteiger partial charge in [0.1, 0.15) is 21.2 Å². The highest BCUT2D eigenvalue weighted by atomic mass is 35.5. The van der Waals surface area contributed by atoms with Gasteiger partial charge in [0.05, 0.1) is 49.7 Å². The molecule has 15 heteroatoms. The maximum absolute atomic E-state index is 15.1. The molecule has 4 aliphatic rings. The summed E-state index contributed by atoms with van der Waals surface area (Å²) in [6.07, 6.45) is 11.2. The number of fused-ring (bicyclic) bond motifs is 4. The number of anilines is 1. The van der Waals surface area contributed by atoms with Crippen LogP contribution in [-0.2, 0) is 44.9 Å². The summed E-state index contributed by atoms with van der Waals surface area (Å²) in [5.41, 5.74) is 3.96. The van der Waals surface area contributed by atoms with Crippen LogP contribution in [0.4, 0.5) is 5.69 Å². The second-order valence-electron chi connectivity index (χ2n) is 16.3. The second kappa shape index (κ2) is 17.1. The van der Waals surface area contributed by atoms with Gasteiger partial charge in [0, 0.05) is 61.6 Å². The zero-order chi connectivity index (χ0) is 41.3. The van der Waals surface area contributed by atoms with Crippen LogP contribution in [-0.4, -0.2) is 82.7 Å². The molecule has 0 saturated heterocycles. The molecule has 2 aromatic carbocycles. The Balaban J connectivity index is 1.22. The van der Waals surface area contributed by atoms with E-state index in [0.717, 1.165) is 48.5 Å². The molecule has 1 N–H and O–H groups in total. The Morgan fingerprint density at radius 1 is 1.10 bits per heavy atom. The highest BCUT2D eigenvalue weighted by Crippen LogP contribution is 2.47. The highest BCUT2D eigenvalue weighted by Gasteiger charge is 2.44. The minimum atomic E-state index is -3.81. The number of halogens is 1. The van der Waals surface area contributed by atoms with Crippen molar-refractivity contribution < 1.29 is 32.7 Å². The highest BCUT2D eigenvalue weighted by molar-refractivity contribution is 7.92. The SMILES string of the molecule is COc1nn(C)cc1C(=O)NS1(=O)=NC(=O)c2ccc3c(c2)N(C[C@@H]2CC[C@H]2[C@@H](OC)/C=C/[C@H](OCc2ccccn2)[C@H](C)C1)C[C@@]1(CCCc2cc(Cl)ccc21)CO3. The Morgan fingerprint density at radius 2 is 1.95 bits per heavy atom. The number of aromatic nitrogens is 3. The van der Waals surface area contributed by atoms with Gasteiger partial charge in [-0.15, -0.1) is 9.46 Å². The third-order valence-electron chi connectivity index (χ3n) is 12.3.